The minimum Gasteiger partial charge on any atom is -0.444 e. The van der Waals surface area contributed by atoms with Crippen molar-refractivity contribution in [2.24, 2.45) is 0 Å². The minimum atomic E-state index is -2.92. The first-order chi connectivity index (χ1) is 19.8. The molecule has 2 fully saturated rings. The second-order valence-corrected chi connectivity index (χ2v) is 12.3. The molecule has 1 N–H and O–H groups in total. The van der Waals surface area contributed by atoms with Crippen molar-refractivity contribution in [3.05, 3.63) is 58.4 Å². The molecule has 1 atom stereocenters. The highest BCUT2D eigenvalue weighted by atomic mass is 19.3. The predicted molar refractivity (Wildman–Crippen MR) is 153 cm³/mol. The smallest absolute Gasteiger partial charge is 0.410 e. The number of amides is 1. The molecule has 0 unspecified atom stereocenters. The van der Waals surface area contributed by atoms with E-state index in [9.17, 15) is 13.6 Å². The van der Waals surface area contributed by atoms with Gasteiger partial charge in [-0.1, -0.05) is 18.2 Å². The third-order valence-corrected chi connectivity index (χ3v) is 7.98. The zero-order valence-electron chi connectivity index (χ0n) is 24.9. The average molecular weight is 586 g/mol. The Hall–Kier alpha value is -3.47. The lowest BCUT2D eigenvalue weighted by atomic mass is 9.86. The molecule has 1 saturated heterocycles. The molecule has 1 aliphatic carbocycles. The Kier molecular flexibility index (Phi) is 8.08. The van der Waals surface area contributed by atoms with Crippen LogP contribution in [0.4, 0.5) is 23.8 Å². The Labute approximate surface area is 244 Å². The van der Waals surface area contributed by atoms with Gasteiger partial charge in [0.2, 0.25) is 0 Å². The molecule has 2 aromatic heterocycles. The van der Waals surface area contributed by atoms with Crippen LogP contribution >= 0.6 is 0 Å². The van der Waals surface area contributed by atoms with Crippen LogP contribution in [0.3, 0.4) is 0 Å². The van der Waals surface area contributed by atoms with Gasteiger partial charge >= 0.3 is 6.09 Å². The van der Waals surface area contributed by atoms with E-state index >= 15 is 4.39 Å². The van der Waals surface area contributed by atoms with E-state index in [1.165, 1.54) is 12.1 Å². The number of halogens is 3. The lowest BCUT2D eigenvalue weighted by molar-refractivity contribution is -0.0677. The SMILES string of the molecule is COC1(c2cc3c(N[C@H](C)c4cccc(C(F)F)c4F)nc(C)nc3c(C3CC3)n2)CCN(C(=O)OC(C)(C)C)CC1. The predicted octanol–water partition coefficient (Wildman–Crippen LogP) is 7.33. The van der Waals surface area contributed by atoms with Crippen LogP contribution < -0.4 is 5.32 Å². The van der Waals surface area contributed by atoms with Crippen molar-refractivity contribution in [2.45, 2.75) is 89.9 Å². The molecule has 1 amide bonds. The summed E-state index contributed by atoms with van der Waals surface area (Å²) in [5.74, 6) is 0.305. The van der Waals surface area contributed by atoms with E-state index in [1.54, 1.807) is 25.9 Å². The number of hydrogen-bond acceptors (Lipinski definition) is 7. The van der Waals surface area contributed by atoms with Gasteiger partial charge in [0.15, 0.2) is 0 Å². The van der Waals surface area contributed by atoms with Crippen molar-refractivity contribution in [1.29, 1.82) is 0 Å². The van der Waals surface area contributed by atoms with Gasteiger partial charge in [0.05, 0.1) is 28.5 Å². The Morgan fingerprint density at radius 3 is 2.38 bits per heavy atom. The molecule has 2 aliphatic rings. The number of pyridine rings is 1. The summed E-state index contributed by atoms with van der Waals surface area (Å²) in [6.45, 7) is 9.89. The standard InChI is InChI=1S/C31H38F3N5O3/c1-17(20-8-7-9-21(24(20)32)27(33)34)35-28-22-16-23(38-25(19-10-11-19)26(22)36-18(2)37-28)31(41-6)12-14-39(15-13-31)29(40)42-30(3,4)5/h7-9,16-17,19,27H,10-15H2,1-6H3,(H,35,36,37)/t17-/m1/s1. The highest BCUT2D eigenvalue weighted by Crippen LogP contribution is 2.45. The number of rotatable bonds is 7. The number of likely N-dealkylation sites (tertiary alicyclic amines) is 1. The Balaban J connectivity index is 1.52. The molecule has 8 nitrogen and oxygen atoms in total. The number of ether oxygens (including phenoxy) is 2. The van der Waals surface area contributed by atoms with Gasteiger partial charge in [-0.05, 0) is 66.4 Å². The van der Waals surface area contributed by atoms with Crippen molar-refractivity contribution in [2.75, 3.05) is 25.5 Å². The van der Waals surface area contributed by atoms with Gasteiger partial charge < -0.3 is 19.7 Å². The minimum absolute atomic E-state index is 0.122. The Bertz CT molecular complexity index is 1480. The molecular weight excluding hydrogens is 547 g/mol. The van der Waals surface area contributed by atoms with Gasteiger partial charge in [-0.3, -0.25) is 4.98 Å². The first-order valence-electron chi connectivity index (χ1n) is 14.4. The molecule has 1 aromatic carbocycles. The molecule has 0 bridgehead atoms. The number of fused-ring (bicyclic) bond motifs is 1. The van der Waals surface area contributed by atoms with Gasteiger partial charge in [0.25, 0.3) is 6.43 Å². The molecule has 5 rings (SSSR count). The molecule has 3 heterocycles. The van der Waals surface area contributed by atoms with Crippen LogP contribution in [0.15, 0.2) is 24.3 Å². The Morgan fingerprint density at radius 1 is 1.12 bits per heavy atom. The average Bonchev–Trinajstić information content (AvgIpc) is 3.77. The van der Waals surface area contributed by atoms with Crippen LogP contribution in [0.2, 0.25) is 0 Å². The molecular formula is C31H38F3N5O3. The molecule has 0 spiro atoms. The second-order valence-electron chi connectivity index (χ2n) is 12.3. The van der Waals surface area contributed by atoms with Crippen molar-refractivity contribution in [3.8, 4) is 0 Å². The molecule has 1 aliphatic heterocycles. The molecule has 226 valence electrons. The molecule has 1 saturated carbocycles. The number of benzene rings is 1. The lowest BCUT2D eigenvalue weighted by Crippen LogP contribution is -2.48. The highest BCUT2D eigenvalue weighted by molar-refractivity contribution is 5.91. The van der Waals surface area contributed by atoms with E-state index in [1.807, 2.05) is 26.8 Å². The number of carbonyl (C=O) groups excluding carboxylic acids is 1. The van der Waals surface area contributed by atoms with Crippen LogP contribution in [0.1, 0.15) is 100 Å². The van der Waals surface area contributed by atoms with Gasteiger partial charge in [-0.15, -0.1) is 0 Å². The first kappa shape index (κ1) is 30.0. The van der Waals surface area contributed by atoms with E-state index in [0.717, 1.165) is 30.3 Å². The van der Waals surface area contributed by atoms with Crippen molar-refractivity contribution in [3.63, 3.8) is 0 Å². The fourth-order valence-electron chi connectivity index (χ4n) is 5.55. The van der Waals surface area contributed by atoms with Gasteiger partial charge in [-0.25, -0.2) is 27.9 Å². The van der Waals surface area contributed by atoms with E-state index in [-0.39, 0.29) is 17.6 Å². The van der Waals surface area contributed by atoms with Crippen LogP contribution in [-0.2, 0) is 15.1 Å². The van der Waals surface area contributed by atoms with E-state index in [4.69, 9.17) is 19.4 Å². The number of hydrogen-bond donors (Lipinski definition) is 1. The maximum atomic E-state index is 15.0. The molecule has 3 aromatic rings. The zero-order chi connectivity index (χ0) is 30.4. The number of nitrogens with zero attached hydrogens (tertiary/aromatic N) is 4. The van der Waals surface area contributed by atoms with Crippen molar-refractivity contribution in [1.82, 2.24) is 19.9 Å². The van der Waals surface area contributed by atoms with Gasteiger partial charge in [0.1, 0.15) is 28.7 Å². The summed E-state index contributed by atoms with van der Waals surface area (Å²) in [5.41, 5.74) is 0.445. The Morgan fingerprint density at radius 2 is 1.79 bits per heavy atom. The normalized spacial score (nSPS) is 17.9. The lowest BCUT2D eigenvalue weighted by Gasteiger charge is -2.41. The van der Waals surface area contributed by atoms with E-state index < -0.39 is 35.1 Å². The van der Waals surface area contributed by atoms with Crippen molar-refractivity contribution >= 4 is 22.8 Å². The highest BCUT2D eigenvalue weighted by Gasteiger charge is 2.41. The zero-order valence-corrected chi connectivity index (χ0v) is 24.9. The van der Waals surface area contributed by atoms with Crippen LogP contribution in [0.25, 0.3) is 10.9 Å². The summed E-state index contributed by atoms with van der Waals surface area (Å²) >= 11 is 0. The number of alkyl halides is 2. The third-order valence-electron chi connectivity index (χ3n) is 7.98. The summed E-state index contributed by atoms with van der Waals surface area (Å²) in [4.78, 5) is 28.9. The number of anilines is 1. The summed E-state index contributed by atoms with van der Waals surface area (Å²) in [5, 5.41) is 3.97. The van der Waals surface area contributed by atoms with Gasteiger partial charge in [-0.2, -0.15) is 0 Å². The maximum absolute atomic E-state index is 15.0. The number of aromatic nitrogens is 3. The largest absolute Gasteiger partial charge is 0.444 e. The number of methoxy groups -OCH3 is 1. The number of carbonyl (C=O) groups is 1. The topological polar surface area (TPSA) is 89.5 Å². The number of piperidine rings is 1. The summed E-state index contributed by atoms with van der Waals surface area (Å²) < 4.78 is 53.5. The van der Waals surface area contributed by atoms with E-state index in [0.29, 0.717) is 48.5 Å². The molecule has 0 radical (unpaired) electrons. The van der Waals surface area contributed by atoms with Crippen molar-refractivity contribution < 1.29 is 27.4 Å². The van der Waals surface area contributed by atoms with Crippen LogP contribution in [-0.4, -0.2) is 51.7 Å². The fraction of sp³-hybridized carbons (Fsp3) is 0.548. The van der Waals surface area contributed by atoms with Crippen LogP contribution in [0.5, 0.6) is 0 Å². The summed E-state index contributed by atoms with van der Waals surface area (Å²) in [6.07, 6.45) is -0.255. The van der Waals surface area contributed by atoms with Gasteiger partial charge in [0, 0.05) is 37.1 Å². The number of aryl methyl sites for hydroxylation is 1. The van der Waals surface area contributed by atoms with Crippen LogP contribution in [0, 0.1) is 12.7 Å². The first-order valence-corrected chi connectivity index (χ1v) is 14.4. The van der Waals surface area contributed by atoms with E-state index in [2.05, 4.69) is 10.3 Å². The molecule has 11 heteroatoms. The third kappa shape index (κ3) is 6.02. The maximum Gasteiger partial charge on any atom is 0.410 e. The fourth-order valence-corrected chi connectivity index (χ4v) is 5.55. The number of nitrogens with one attached hydrogen (secondary N) is 1. The quantitative estimate of drug-likeness (QED) is 0.310. The monoisotopic (exact) mass is 585 g/mol. The second kappa shape index (κ2) is 11.3. The molecule has 42 heavy (non-hydrogen) atoms. The summed E-state index contributed by atoms with van der Waals surface area (Å²) in [6, 6.07) is 5.28. The summed E-state index contributed by atoms with van der Waals surface area (Å²) in [7, 11) is 1.65.